The van der Waals surface area contributed by atoms with E-state index in [0.29, 0.717) is 33.8 Å². The summed E-state index contributed by atoms with van der Waals surface area (Å²) >= 11 is 0. The Kier molecular flexibility index (Phi) is 5.83. The lowest BCUT2D eigenvalue weighted by molar-refractivity contribution is -0.140. The molecule has 1 N–H and O–H groups in total. The van der Waals surface area contributed by atoms with Crippen LogP contribution in [0.2, 0.25) is 0 Å². The Balaban J connectivity index is 1.95. The highest BCUT2D eigenvalue weighted by Crippen LogP contribution is 2.42. The van der Waals surface area contributed by atoms with Gasteiger partial charge < -0.3 is 19.1 Å². The highest BCUT2D eigenvalue weighted by Gasteiger charge is 2.41. The van der Waals surface area contributed by atoms with Crippen LogP contribution in [0, 0.1) is 0 Å². The van der Waals surface area contributed by atoms with E-state index in [1.165, 1.54) is 0 Å². The second-order valence-electron chi connectivity index (χ2n) is 7.32. The maximum absolute atomic E-state index is 12.9. The van der Waals surface area contributed by atoms with Gasteiger partial charge in [0.05, 0.1) is 46.1 Å². The zero-order valence-electron chi connectivity index (χ0n) is 18.2. The molecule has 2 heterocycles. The van der Waals surface area contributed by atoms with Crippen LogP contribution in [-0.2, 0) is 37.5 Å². The molecule has 0 spiro atoms. The van der Waals surface area contributed by atoms with Gasteiger partial charge in [0, 0.05) is 12.6 Å². The monoisotopic (exact) mass is 424 g/mol. The molecule has 1 aromatic rings. The Hall–Kier alpha value is -3.68. The van der Waals surface area contributed by atoms with E-state index in [2.05, 4.69) is 11.6 Å². The summed E-state index contributed by atoms with van der Waals surface area (Å²) in [5.74, 6) is -1.58. The maximum Gasteiger partial charge on any atom is 0.340 e. The molecule has 0 saturated heterocycles. The molecule has 2 aliphatic rings. The largest absolute Gasteiger partial charge is 0.506 e. The zero-order valence-corrected chi connectivity index (χ0v) is 18.2. The van der Waals surface area contributed by atoms with Crippen molar-refractivity contribution in [3.05, 3.63) is 63.8 Å². The predicted molar refractivity (Wildman–Crippen MR) is 114 cm³/mol. The Bertz CT molecular complexity index is 1160. The van der Waals surface area contributed by atoms with Crippen molar-refractivity contribution in [2.24, 2.45) is 12.0 Å². The molecule has 0 saturated carbocycles. The van der Waals surface area contributed by atoms with E-state index in [4.69, 9.17) is 9.47 Å². The number of allylic oxidation sites excluding steroid dienone is 3. The number of hydrogen-bond donors (Lipinski definition) is 1. The topological polar surface area (TPSA) is 107 Å². The molecular weight excluding hydrogens is 400 g/mol. The number of ketones is 1. The lowest BCUT2D eigenvalue weighted by Gasteiger charge is -2.23. The summed E-state index contributed by atoms with van der Waals surface area (Å²) in [5.41, 5.74) is 3.15. The van der Waals surface area contributed by atoms with Gasteiger partial charge in [0.2, 0.25) is 5.78 Å². The van der Waals surface area contributed by atoms with Gasteiger partial charge in [-0.3, -0.25) is 9.79 Å². The van der Waals surface area contributed by atoms with Gasteiger partial charge in [0.15, 0.2) is 0 Å². The first-order valence-corrected chi connectivity index (χ1v) is 9.74. The summed E-state index contributed by atoms with van der Waals surface area (Å²) in [7, 11) is 1.71. The van der Waals surface area contributed by atoms with Crippen LogP contribution in [0.3, 0.4) is 0 Å². The molecule has 0 atom stereocenters. The van der Waals surface area contributed by atoms with Crippen LogP contribution in [0.4, 0.5) is 0 Å². The molecule has 0 radical (unpaired) electrons. The second kappa shape index (κ2) is 8.22. The first kappa shape index (κ1) is 22.0. The first-order valence-electron chi connectivity index (χ1n) is 9.74. The van der Waals surface area contributed by atoms with Crippen molar-refractivity contribution in [3.63, 3.8) is 0 Å². The number of nitrogens with zero attached hydrogens (tertiary/aromatic N) is 2. The molecule has 0 aromatic carbocycles. The summed E-state index contributed by atoms with van der Waals surface area (Å²) in [4.78, 5) is 41.1. The third-order valence-electron chi connectivity index (χ3n) is 5.20. The van der Waals surface area contributed by atoms with Crippen LogP contribution >= 0.6 is 0 Å². The minimum atomic E-state index is -0.510. The highest BCUT2D eigenvalue weighted by molar-refractivity contribution is 6.39. The number of rotatable bonds is 6. The van der Waals surface area contributed by atoms with Gasteiger partial charge in [-0.2, -0.15) is 0 Å². The van der Waals surface area contributed by atoms with Gasteiger partial charge in [-0.1, -0.05) is 6.58 Å². The molecule has 0 bridgehead atoms. The molecule has 0 unspecified atom stereocenters. The van der Waals surface area contributed by atoms with Crippen molar-refractivity contribution < 1.29 is 29.0 Å². The fourth-order valence-corrected chi connectivity index (χ4v) is 3.52. The molecule has 162 valence electrons. The standard InChI is InChI=1S/C23H24N2O6/c1-7-30-23(29)16-12(4)19(24-13(16)5)18-20(26)17(21(18)27)15-9-8-14(25(15)6)10-31-22(28)11(2)3/h8-9,26H,2,7,10H2,1,3-6H3/b19-18-. The Labute approximate surface area is 179 Å². The van der Waals surface area contributed by atoms with Crippen molar-refractivity contribution in [3.8, 4) is 0 Å². The lowest BCUT2D eigenvalue weighted by atomic mass is 9.83. The van der Waals surface area contributed by atoms with E-state index in [0.717, 1.165) is 0 Å². The molecule has 0 fully saturated rings. The smallest absolute Gasteiger partial charge is 0.340 e. The summed E-state index contributed by atoms with van der Waals surface area (Å²) in [6.45, 7) is 10.4. The molecule has 1 aromatic heterocycles. The zero-order chi connectivity index (χ0) is 23.0. The van der Waals surface area contributed by atoms with Crippen molar-refractivity contribution in [1.82, 2.24) is 4.57 Å². The van der Waals surface area contributed by atoms with Gasteiger partial charge in [-0.25, -0.2) is 9.59 Å². The van der Waals surface area contributed by atoms with E-state index < -0.39 is 11.9 Å². The second-order valence-corrected chi connectivity index (χ2v) is 7.32. The Morgan fingerprint density at radius 1 is 1.19 bits per heavy atom. The van der Waals surface area contributed by atoms with Crippen LogP contribution in [0.15, 0.2) is 57.5 Å². The Morgan fingerprint density at radius 3 is 2.45 bits per heavy atom. The minimum Gasteiger partial charge on any atom is -0.506 e. The molecule has 3 rings (SSSR count). The molecule has 8 heteroatoms. The molecule has 8 nitrogen and oxygen atoms in total. The number of aliphatic hydroxyl groups excluding tert-OH is 1. The number of aliphatic imine (C=N–C) groups is 1. The minimum absolute atomic E-state index is 0.00655. The van der Waals surface area contributed by atoms with E-state index >= 15 is 0 Å². The molecular formula is C23H24N2O6. The van der Waals surface area contributed by atoms with E-state index in [1.54, 1.807) is 51.4 Å². The van der Waals surface area contributed by atoms with Crippen LogP contribution < -0.4 is 0 Å². The molecule has 1 aliphatic carbocycles. The van der Waals surface area contributed by atoms with E-state index in [1.807, 2.05) is 0 Å². The SMILES string of the molecule is C=C(C)C(=O)OCc1ccc(C2=C(O)/C(=C3/N=C(C)C(C(=O)OCC)=C3C)C2=O)n1C. The average molecular weight is 424 g/mol. The number of aliphatic hydroxyl groups is 1. The lowest BCUT2D eigenvalue weighted by Crippen LogP contribution is -2.24. The third-order valence-corrected chi connectivity index (χ3v) is 5.20. The molecule has 0 amide bonds. The predicted octanol–water partition coefficient (Wildman–Crippen LogP) is 3.10. The van der Waals surface area contributed by atoms with Gasteiger partial charge >= 0.3 is 11.9 Å². The van der Waals surface area contributed by atoms with Crippen LogP contribution in [-0.4, -0.2) is 39.7 Å². The number of Topliss-reactive ketones (excluding diaryl/α,β-unsaturated/α-hetero) is 1. The molecule has 31 heavy (non-hydrogen) atoms. The van der Waals surface area contributed by atoms with E-state index in [9.17, 15) is 19.5 Å². The highest BCUT2D eigenvalue weighted by atomic mass is 16.5. The van der Waals surface area contributed by atoms with Crippen LogP contribution in [0.1, 0.15) is 39.1 Å². The van der Waals surface area contributed by atoms with Gasteiger partial charge in [0.1, 0.15) is 12.4 Å². The maximum atomic E-state index is 12.9. The number of carbonyl (C=O) groups is 3. The average Bonchev–Trinajstić information content (AvgIpc) is 3.19. The summed E-state index contributed by atoms with van der Waals surface area (Å²) in [6, 6.07) is 3.38. The van der Waals surface area contributed by atoms with E-state index in [-0.39, 0.29) is 41.6 Å². The quantitative estimate of drug-likeness (QED) is 0.555. The number of carbonyl (C=O) groups excluding carboxylic acids is 3. The van der Waals surface area contributed by atoms with Crippen LogP contribution in [0.25, 0.3) is 5.57 Å². The third kappa shape index (κ3) is 3.65. The van der Waals surface area contributed by atoms with Crippen molar-refractivity contribution in [2.75, 3.05) is 6.61 Å². The molecule has 1 aliphatic heterocycles. The summed E-state index contributed by atoms with van der Waals surface area (Å²) in [6.07, 6.45) is 0. The van der Waals surface area contributed by atoms with Gasteiger partial charge in [-0.05, 0) is 45.4 Å². The number of ether oxygens (including phenoxy) is 2. The number of hydrogen-bond acceptors (Lipinski definition) is 7. The first-order chi connectivity index (χ1) is 14.6. The van der Waals surface area contributed by atoms with Gasteiger partial charge in [-0.15, -0.1) is 0 Å². The number of aromatic nitrogens is 1. The van der Waals surface area contributed by atoms with Crippen molar-refractivity contribution in [2.45, 2.75) is 34.3 Å². The summed E-state index contributed by atoms with van der Waals surface area (Å²) < 4.78 is 11.9. The summed E-state index contributed by atoms with van der Waals surface area (Å²) in [5, 5.41) is 10.7. The normalized spacial score (nSPS) is 18.2. The Morgan fingerprint density at radius 2 is 1.87 bits per heavy atom. The number of esters is 2. The van der Waals surface area contributed by atoms with Crippen molar-refractivity contribution in [1.29, 1.82) is 0 Å². The van der Waals surface area contributed by atoms with Crippen molar-refractivity contribution >= 4 is 29.0 Å². The van der Waals surface area contributed by atoms with Gasteiger partial charge in [0.25, 0.3) is 0 Å². The fraction of sp³-hybridized carbons (Fsp3) is 0.304. The van der Waals surface area contributed by atoms with Crippen LogP contribution in [0.5, 0.6) is 0 Å². The fourth-order valence-electron chi connectivity index (χ4n) is 3.52.